The molecule has 1 unspecified atom stereocenters. The van der Waals surface area contributed by atoms with Crippen molar-refractivity contribution in [2.24, 2.45) is 11.8 Å². The van der Waals surface area contributed by atoms with E-state index in [-0.39, 0.29) is 24.3 Å². The zero-order valence-electron chi connectivity index (χ0n) is 22.2. The van der Waals surface area contributed by atoms with Crippen LogP contribution in [0.5, 0.6) is 0 Å². The van der Waals surface area contributed by atoms with Crippen LogP contribution in [0.4, 0.5) is 5.69 Å². The number of amides is 3. The second-order valence-electron chi connectivity index (χ2n) is 10.8. The molecule has 1 spiro atoms. The number of anilines is 1. The second kappa shape index (κ2) is 11.4. The highest BCUT2D eigenvalue weighted by atomic mass is 16.5. The lowest BCUT2D eigenvalue weighted by atomic mass is 9.77. The normalized spacial score (nSPS) is 30.4. The summed E-state index contributed by atoms with van der Waals surface area (Å²) in [7, 11) is 0. The Labute approximate surface area is 224 Å². The number of carbonyl (C=O) groups excluding carboxylic acids is 3. The first kappa shape index (κ1) is 26.6. The highest BCUT2D eigenvalue weighted by Crippen LogP contribution is 2.53. The Bertz CT molecular complexity index is 1090. The van der Waals surface area contributed by atoms with Gasteiger partial charge in [0.25, 0.3) is 0 Å². The lowest BCUT2D eigenvalue weighted by Crippen LogP contribution is -2.55. The number of carbonyl (C=O) groups is 3. The van der Waals surface area contributed by atoms with Crippen LogP contribution in [-0.2, 0) is 19.1 Å². The van der Waals surface area contributed by atoms with Crippen molar-refractivity contribution in [1.29, 1.82) is 0 Å². The number of hydrogen-bond acceptors (Lipinski definition) is 5. The Balaban J connectivity index is 1.50. The molecule has 4 aliphatic rings. The summed E-state index contributed by atoms with van der Waals surface area (Å²) < 4.78 is 6.70. The summed E-state index contributed by atoms with van der Waals surface area (Å²) in [6.07, 6.45) is 12.2. The van der Waals surface area contributed by atoms with Gasteiger partial charge in [-0.3, -0.25) is 14.4 Å². The topological polar surface area (TPSA) is 90.4 Å². The summed E-state index contributed by atoms with van der Waals surface area (Å²) in [6.45, 7) is 4.18. The van der Waals surface area contributed by atoms with E-state index in [1.165, 1.54) is 0 Å². The molecule has 0 radical (unpaired) electrons. The third-order valence-corrected chi connectivity index (χ3v) is 8.40. The molecule has 204 valence electrons. The van der Waals surface area contributed by atoms with Gasteiger partial charge >= 0.3 is 0 Å². The van der Waals surface area contributed by atoms with Crippen LogP contribution in [0.25, 0.3) is 0 Å². The van der Waals surface area contributed by atoms with Crippen LogP contribution in [0.15, 0.2) is 54.6 Å². The van der Waals surface area contributed by atoms with E-state index in [0.29, 0.717) is 26.2 Å². The van der Waals surface area contributed by atoms with Gasteiger partial charge in [-0.2, -0.15) is 0 Å². The highest BCUT2D eigenvalue weighted by molar-refractivity contribution is 6.03. The van der Waals surface area contributed by atoms with E-state index >= 15 is 0 Å². The van der Waals surface area contributed by atoms with Gasteiger partial charge in [-0.25, -0.2) is 0 Å². The van der Waals surface area contributed by atoms with Gasteiger partial charge < -0.3 is 24.5 Å². The summed E-state index contributed by atoms with van der Waals surface area (Å²) in [5.74, 6) is -1.87. The molecule has 2 fully saturated rings. The lowest BCUT2D eigenvalue weighted by molar-refractivity contribution is -0.147. The van der Waals surface area contributed by atoms with Crippen molar-refractivity contribution in [3.05, 3.63) is 54.6 Å². The number of hydrogen-bond donors (Lipinski definition) is 1. The molecule has 0 aliphatic carbocycles. The number of aliphatic hydroxyl groups is 1. The van der Waals surface area contributed by atoms with Gasteiger partial charge in [-0.15, -0.1) is 0 Å². The van der Waals surface area contributed by atoms with Crippen molar-refractivity contribution in [2.75, 3.05) is 37.7 Å². The molecule has 4 heterocycles. The van der Waals surface area contributed by atoms with E-state index in [0.717, 1.165) is 44.2 Å². The van der Waals surface area contributed by atoms with Crippen molar-refractivity contribution in [2.45, 2.75) is 63.2 Å². The third-order valence-electron chi connectivity index (χ3n) is 8.40. The Kier molecular flexibility index (Phi) is 8.00. The van der Waals surface area contributed by atoms with Crippen LogP contribution in [0, 0.1) is 11.8 Å². The highest BCUT2D eigenvalue weighted by Gasteiger charge is 2.71. The van der Waals surface area contributed by atoms with E-state index in [2.05, 4.69) is 6.92 Å². The molecule has 1 aromatic rings. The molecule has 8 heteroatoms. The van der Waals surface area contributed by atoms with Crippen LogP contribution in [0.1, 0.15) is 45.4 Å². The number of rotatable bonds is 10. The Hall–Kier alpha value is -2.97. The molecule has 4 aliphatic heterocycles. The van der Waals surface area contributed by atoms with Gasteiger partial charge in [-0.05, 0) is 31.4 Å². The van der Waals surface area contributed by atoms with Crippen molar-refractivity contribution in [3.63, 3.8) is 0 Å². The van der Waals surface area contributed by atoms with Crippen molar-refractivity contribution in [1.82, 2.24) is 9.80 Å². The molecule has 1 aromatic carbocycles. The maximum Gasteiger partial charge on any atom is 0.249 e. The predicted octanol–water partition coefficient (Wildman–Crippen LogP) is 2.92. The molecule has 2 saturated heterocycles. The molecule has 3 amide bonds. The standard InChI is InChI=1S/C30H39N3O5/c1-2-3-17-31-18-12-16-30-25(28(36)33(26(30)29(31)37)19-9-4-5-10-21-34)24-23(38-30)15-11-20-32(27(24)35)22-13-7-6-8-14-22/h6-8,11-16,23-26,34H,2-5,9-10,17-21H2,1H3/t23-,24+,25-,26?,30-/m0/s1. The molecule has 0 aromatic heterocycles. The number of fused-ring (bicyclic) bond motifs is 2. The number of para-hydroxylation sites is 1. The summed E-state index contributed by atoms with van der Waals surface area (Å²) in [6, 6.07) is 8.72. The lowest BCUT2D eigenvalue weighted by Gasteiger charge is -2.35. The maximum absolute atomic E-state index is 14.2. The van der Waals surface area contributed by atoms with Gasteiger partial charge in [0.2, 0.25) is 17.7 Å². The minimum atomic E-state index is -1.17. The van der Waals surface area contributed by atoms with E-state index in [1.54, 1.807) is 9.80 Å². The average Bonchev–Trinajstić information content (AvgIpc) is 3.24. The zero-order chi connectivity index (χ0) is 26.7. The Morgan fingerprint density at radius 2 is 1.71 bits per heavy atom. The first-order valence-electron chi connectivity index (χ1n) is 14.1. The molecule has 5 atom stereocenters. The third kappa shape index (κ3) is 4.58. The number of benzene rings is 1. The van der Waals surface area contributed by atoms with Gasteiger partial charge in [0.1, 0.15) is 11.6 Å². The molecule has 0 saturated carbocycles. The predicted molar refractivity (Wildman–Crippen MR) is 144 cm³/mol. The number of ether oxygens (including phenoxy) is 1. The number of nitrogens with zero attached hydrogens (tertiary/aromatic N) is 3. The van der Waals surface area contributed by atoms with E-state index in [9.17, 15) is 14.4 Å². The van der Waals surface area contributed by atoms with Crippen LogP contribution in [-0.4, -0.2) is 83.2 Å². The fourth-order valence-corrected chi connectivity index (χ4v) is 6.56. The summed E-state index contributed by atoms with van der Waals surface area (Å²) >= 11 is 0. The second-order valence-corrected chi connectivity index (χ2v) is 10.8. The molecule has 8 nitrogen and oxygen atoms in total. The SMILES string of the molecule is CCCCN1CC=C[C@]23O[C@H]4C=CCN(c5ccccc5)C(=O)[C@H]4[C@H]2C(=O)N(CCCCCCO)C3C1=O. The number of unbranched alkanes of at least 4 members (excludes halogenated alkanes) is 4. The van der Waals surface area contributed by atoms with Crippen LogP contribution >= 0.6 is 0 Å². The van der Waals surface area contributed by atoms with Gasteiger partial charge in [-0.1, -0.05) is 68.7 Å². The van der Waals surface area contributed by atoms with Gasteiger partial charge in [0.05, 0.1) is 17.9 Å². The summed E-state index contributed by atoms with van der Waals surface area (Å²) in [4.78, 5) is 47.6. The molecular weight excluding hydrogens is 482 g/mol. The van der Waals surface area contributed by atoms with E-state index in [1.807, 2.05) is 59.5 Å². The smallest absolute Gasteiger partial charge is 0.249 e. The molecule has 0 bridgehead atoms. The monoisotopic (exact) mass is 521 g/mol. The summed E-state index contributed by atoms with van der Waals surface area (Å²) in [5, 5.41) is 9.13. The molecule has 5 rings (SSSR count). The minimum Gasteiger partial charge on any atom is -0.396 e. The number of likely N-dealkylation sites (tertiary alicyclic amines) is 1. The molecular formula is C30H39N3O5. The van der Waals surface area contributed by atoms with Crippen molar-refractivity contribution < 1.29 is 24.2 Å². The van der Waals surface area contributed by atoms with Crippen LogP contribution < -0.4 is 4.90 Å². The minimum absolute atomic E-state index is 0.0949. The van der Waals surface area contributed by atoms with E-state index < -0.39 is 29.6 Å². The maximum atomic E-state index is 14.2. The first-order valence-corrected chi connectivity index (χ1v) is 14.1. The number of aliphatic hydroxyl groups excluding tert-OH is 1. The van der Waals surface area contributed by atoms with Crippen molar-refractivity contribution in [3.8, 4) is 0 Å². The largest absolute Gasteiger partial charge is 0.396 e. The first-order chi connectivity index (χ1) is 18.5. The van der Waals surface area contributed by atoms with Crippen LogP contribution in [0.2, 0.25) is 0 Å². The quantitative estimate of drug-likeness (QED) is 0.378. The van der Waals surface area contributed by atoms with E-state index in [4.69, 9.17) is 9.84 Å². The zero-order valence-corrected chi connectivity index (χ0v) is 22.2. The Morgan fingerprint density at radius 3 is 2.47 bits per heavy atom. The van der Waals surface area contributed by atoms with Gasteiger partial charge in [0, 0.05) is 38.5 Å². The average molecular weight is 522 g/mol. The summed E-state index contributed by atoms with van der Waals surface area (Å²) in [5.41, 5.74) is -0.389. The van der Waals surface area contributed by atoms with Crippen molar-refractivity contribution >= 4 is 23.4 Å². The van der Waals surface area contributed by atoms with Gasteiger partial charge in [0.15, 0.2) is 0 Å². The molecule has 1 N–H and O–H groups in total. The fourth-order valence-electron chi connectivity index (χ4n) is 6.56. The Morgan fingerprint density at radius 1 is 0.921 bits per heavy atom. The fraction of sp³-hybridized carbons (Fsp3) is 0.567. The molecule has 38 heavy (non-hydrogen) atoms. The van der Waals surface area contributed by atoms with Crippen LogP contribution in [0.3, 0.4) is 0 Å².